The number of allylic oxidation sites excluding steroid dienone is 1. The third kappa shape index (κ3) is 4.55. The van der Waals surface area contributed by atoms with Crippen molar-refractivity contribution in [1.29, 1.82) is 0 Å². The van der Waals surface area contributed by atoms with Gasteiger partial charge in [-0.25, -0.2) is 4.99 Å². The average molecular weight is 502 g/mol. The summed E-state index contributed by atoms with van der Waals surface area (Å²) in [6.45, 7) is 4.18. The van der Waals surface area contributed by atoms with E-state index >= 15 is 0 Å². The first-order valence-corrected chi connectivity index (χ1v) is 13.6. The summed E-state index contributed by atoms with van der Waals surface area (Å²) in [5.74, 6) is -0.194. The van der Waals surface area contributed by atoms with E-state index in [1.54, 1.807) is 30.0 Å². The molecule has 2 heterocycles. The molecule has 0 atom stereocenters. The highest BCUT2D eigenvalue weighted by atomic mass is 35.5. The van der Waals surface area contributed by atoms with Gasteiger partial charge in [0.05, 0.1) is 5.56 Å². The van der Waals surface area contributed by atoms with Crippen LogP contribution < -0.4 is 0 Å². The van der Waals surface area contributed by atoms with Gasteiger partial charge in [-0.05, 0) is 79.0 Å². The SMILES string of the molecule is O=C1N=Cc2cc(C(=O)N3CCN(CC4=C(c5ccc(Cl)cc5)CCC5(CCCC5)C4)CC3)ccc21. The molecule has 6 rings (SSSR count). The Hall–Kier alpha value is -2.76. The third-order valence-corrected chi connectivity index (χ3v) is 8.95. The first-order chi connectivity index (χ1) is 17.5. The number of carbonyl (C=O) groups is 2. The summed E-state index contributed by atoms with van der Waals surface area (Å²) in [7, 11) is 0. The molecule has 2 fully saturated rings. The Morgan fingerprint density at radius 1 is 0.972 bits per heavy atom. The molecule has 1 saturated carbocycles. The molecule has 5 nitrogen and oxygen atoms in total. The van der Waals surface area contributed by atoms with Gasteiger partial charge >= 0.3 is 0 Å². The number of hydrogen-bond acceptors (Lipinski definition) is 3. The van der Waals surface area contributed by atoms with Crippen LogP contribution >= 0.6 is 11.6 Å². The number of rotatable bonds is 4. The summed E-state index contributed by atoms with van der Waals surface area (Å²) in [5, 5.41) is 0.784. The molecule has 0 N–H and O–H groups in total. The molecule has 2 aromatic carbocycles. The van der Waals surface area contributed by atoms with Gasteiger partial charge < -0.3 is 4.90 Å². The lowest BCUT2D eigenvalue weighted by Gasteiger charge is -2.40. The monoisotopic (exact) mass is 501 g/mol. The Labute approximate surface area is 217 Å². The fourth-order valence-corrected chi connectivity index (χ4v) is 6.80. The van der Waals surface area contributed by atoms with E-state index in [0.29, 0.717) is 16.5 Å². The summed E-state index contributed by atoms with van der Waals surface area (Å²) in [6.07, 6.45) is 10.7. The lowest BCUT2D eigenvalue weighted by Crippen LogP contribution is -2.49. The Kier molecular flexibility index (Phi) is 6.30. The minimum absolute atomic E-state index is 0.0360. The van der Waals surface area contributed by atoms with E-state index in [1.165, 1.54) is 49.7 Å². The van der Waals surface area contributed by atoms with E-state index in [4.69, 9.17) is 11.6 Å². The molecule has 4 aliphatic rings. The molecule has 0 radical (unpaired) electrons. The lowest BCUT2D eigenvalue weighted by atomic mass is 9.69. The zero-order valence-corrected chi connectivity index (χ0v) is 21.4. The number of nitrogens with zero attached hydrogens (tertiary/aromatic N) is 3. The van der Waals surface area contributed by atoms with Crippen molar-refractivity contribution < 1.29 is 9.59 Å². The maximum Gasteiger partial charge on any atom is 0.277 e. The Morgan fingerprint density at radius 3 is 2.47 bits per heavy atom. The van der Waals surface area contributed by atoms with Gasteiger partial charge in [0, 0.05) is 55.1 Å². The second kappa shape index (κ2) is 9.60. The normalized spacial score (nSPS) is 21.5. The molecule has 2 amide bonds. The number of carbonyl (C=O) groups excluding carboxylic acids is 2. The second-order valence-corrected chi connectivity index (χ2v) is 11.3. The van der Waals surface area contributed by atoms with Crippen molar-refractivity contribution in [2.45, 2.75) is 44.9 Å². The molecule has 0 bridgehead atoms. The van der Waals surface area contributed by atoms with Gasteiger partial charge in [-0.1, -0.05) is 42.1 Å². The zero-order chi connectivity index (χ0) is 24.7. The van der Waals surface area contributed by atoms with Crippen LogP contribution in [0, 0.1) is 5.41 Å². The molecule has 1 spiro atoms. The fourth-order valence-electron chi connectivity index (χ4n) is 6.67. The predicted octanol–water partition coefficient (Wildman–Crippen LogP) is 5.87. The third-order valence-electron chi connectivity index (χ3n) is 8.70. The van der Waals surface area contributed by atoms with Crippen LogP contribution in [0.4, 0.5) is 0 Å². The summed E-state index contributed by atoms with van der Waals surface area (Å²) in [5.41, 5.74) is 6.87. The Balaban J connectivity index is 1.15. The van der Waals surface area contributed by atoms with Gasteiger partial charge in [-0.2, -0.15) is 0 Å². The molecule has 1 saturated heterocycles. The Bertz CT molecular complexity index is 1250. The molecule has 0 aromatic heterocycles. The van der Waals surface area contributed by atoms with Crippen LogP contribution in [0.25, 0.3) is 5.57 Å². The van der Waals surface area contributed by atoms with Crippen molar-refractivity contribution in [3.63, 3.8) is 0 Å². The smallest absolute Gasteiger partial charge is 0.277 e. The van der Waals surface area contributed by atoms with Crippen LogP contribution in [0.5, 0.6) is 0 Å². The summed E-state index contributed by atoms with van der Waals surface area (Å²) in [6, 6.07) is 13.6. The second-order valence-electron chi connectivity index (χ2n) is 10.9. The van der Waals surface area contributed by atoms with Gasteiger partial charge in [0.2, 0.25) is 0 Å². The van der Waals surface area contributed by atoms with E-state index in [-0.39, 0.29) is 11.8 Å². The van der Waals surface area contributed by atoms with Gasteiger partial charge in [0.15, 0.2) is 0 Å². The molecule has 0 unspecified atom stereocenters. The molecule has 2 aromatic rings. The maximum absolute atomic E-state index is 13.2. The van der Waals surface area contributed by atoms with Crippen molar-refractivity contribution in [3.8, 4) is 0 Å². The molecule has 36 heavy (non-hydrogen) atoms. The molecule has 6 heteroatoms. The minimum Gasteiger partial charge on any atom is -0.336 e. The first kappa shape index (κ1) is 23.6. The number of hydrogen-bond donors (Lipinski definition) is 0. The van der Waals surface area contributed by atoms with E-state index in [0.717, 1.165) is 49.7 Å². The highest BCUT2D eigenvalue weighted by molar-refractivity contribution is 6.30. The molecule has 186 valence electrons. The fraction of sp³-hybridized carbons (Fsp3) is 0.433. The van der Waals surface area contributed by atoms with Crippen molar-refractivity contribution in [1.82, 2.24) is 9.80 Å². The van der Waals surface area contributed by atoms with Gasteiger partial charge in [-0.3, -0.25) is 14.5 Å². The van der Waals surface area contributed by atoms with Crippen LogP contribution in [0.1, 0.15) is 76.8 Å². The molecule has 2 aliphatic heterocycles. The number of benzene rings is 2. The van der Waals surface area contributed by atoms with E-state index in [9.17, 15) is 9.59 Å². The quantitative estimate of drug-likeness (QED) is 0.526. The topological polar surface area (TPSA) is 53.0 Å². The van der Waals surface area contributed by atoms with Crippen LogP contribution in [0.2, 0.25) is 5.02 Å². The van der Waals surface area contributed by atoms with E-state index in [1.807, 2.05) is 17.0 Å². The molecule has 2 aliphatic carbocycles. The Morgan fingerprint density at radius 2 is 1.72 bits per heavy atom. The predicted molar refractivity (Wildman–Crippen MR) is 144 cm³/mol. The number of piperazine rings is 1. The minimum atomic E-state index is -0.230. The summed E-state index contributed by atoms with van der Waals surface area (Å²) < 4.78 is 0. The standard InChI is InChI=1S/C30H32ClN3O2/c31-25-6-3-21(4-7-25)26-9-12-30(10-1-2-11-30)18-24(26)20-33-13-15-34(16-14-33)29(36)22-5-8-27-23(17-22)19-32-28(27)35/h3-8,17,19H,1-2,9-16,18,20H2. The number of aliphatic imine (C=N–C) groups is 1. The maximum atomic E-state index is 13.2. The molecular weight excluding hydrogens is 470 g/mol. The lowest BCUT2D eigenvalue weighted by molar-refractivity contribution is 0.0644. The van der Waals surface area contributed by atoms with Crippen LogP contribution in [-0.4, -0.2) is 60.6 Å². The van der Waals surface area contributed by atoms with Crippen molar-refractivity contribution >= 4 is 35.2 Å². The molecular formula is C30H32ClN3O2. The van der Waals surface area contributed by atoms with Crippen molar-refractivity contribution in [2.24, 2.45) is 10.4 Å². The number of halogens is 1. The number of fused-ring (bicyclic) bond motifs is 1. The highest BCUT2D eigenvalue weighted by Crippen LogP contribution is 2.52. The van der Waals surface area contributed by atoms with Crippen LogP contribution in [0.3, 0.4) is 0 Å². The zero-order valence-electron chi connectivity index (χ0n) is 20.6. The highest BCUT2D eigenvalue weighted by Gasteiger charge is 2.38. The first-order valence-electron chi connectivity index (χ1n) is 13.2. The largest absolute Gasteiger partial charge is 0.336 e. The summed E-state index contributed by atoms with van der Waals surface area (Å²) in [4.78, 5) is 33.2. The van der Waals surface area contributed by atoms with Gasteiger partial charge in [0.1, 0.15) is 0 Å². The van der Waals surface area contributed by atoms with Crippen LogP contribution in [-0.2, 0) is 0 Å². The average Bonchev–Trinajstić information content (AvgIpc) is 3.51. The van der Waals surface area contributed by atoms with E-state index in [2.05, 4.69) is 22.0 Å². The van der Waals surface area contributed by atoms with Gasteiger partial charge in [-0.15, -0.1) is 0 Å². The van der Waals surface area contributed by atoms with E-state index < -0.39 is 0 Å². The number of amides is 2. The summed E-state index contributed by atoms with van der Waals surface area (Å²) >= 11 is 6.18. The van der Waals surface area contributed by atoms with Crippen molar-refractivity contribution in [3.05, 3.63) is 75.3 Å². The van der Waals surface area contributed by atoms with Crippen molar-refractivity contribution in [2.75, 3.05) is 32.7 Å². The van der Waals surface area contributed by atoms with Gasteiger partial charge in [0.25, 0.3) is 11.8 Å². The van der Waals surface area contributed by atoms with Crippen LogP contribution in [0.15, 0.2) is 53.0 Å².